The lowest BCUT2D eigenvalue weighted by Crippen LogP contribution is -2.07. The Morgan fingerprint density at radius 1 is 1.09 bits per heavy atom. The van der Waals surface area contributed by atoms with E-state index < -0.39 is 0 Å². The normalized spacial score (nSPS) is 10.9. The topological polar surface area (TPSA) is 65.4 Å². The molecule has 0 unspecified atom stereocenters. The Kier molecular flexibility index (Phi) is 7.63. The number of nitrogens with one attached hydrogen (secondary N) is 1. The lowest BCUT2D eigenvalue weighted by atomic mass is 10.1. The summed E-state index contributed by atoms with van der Waals surface area (Å²) in [5.74, 6) is 1.26. The average molecular weight is 474 g/mol. The van der Waals surface area contributed by atoms with Gasteiger partial charge in [-0.15, -0.1) is 0 Å². The highest BCUT2D eigenvalue weighted by atomic mass is 35.5. The summed E-state index contributed by atoms with van der Waals surface area (Å²) in [7, 11) is 1.62. The number of methoxy groups -OCH3 is 1. The third-order valence-corrected chi connectivity index (χ3v) is 5.24. The van der Waals surface area contributed by atoms with Gasteiger partial charge in [-0.2, -0.15) is 5.10 Å². The molecule has 172 valence electrons. The monoisotopic (exact) mass is 473 g/mol. The van der Waals surface area contributed by atoms with Crippen LogP contribution >= 0.6 is 11.6 Å². The molecule has 34 heavy (non-hydrogen) atoms. The zero-order chi connectivity index (χ0) is 23.8. The number of nitrogens with zero attached hydrogens (tertiary/aromatic N) is 2. The molecule has 0 aliphatic carbocycles. The molecular formula is C27H24ClN3O3. The van der Waals surface area contributed by atoms with E-state index in [1.807, 2.05) is 72.8 Å². The van der Waals surface area contributed by atoms with Crippen LogP contribution in [0.15, 0.2) is 91.3 Å². The molecule has 0 spiro atoms. The van der Waals surface area contributed by atoms with Crippen molar-refractivity contribution in [2.45, 2.75) is 13.2 Å². The molecule has 7 heteroatoms. The number of anilines is 1. The largest absolute Gasteiger partial charge is 0.496 e. The number of amides is 1. The maximum Gasteiger partial charge on any atom is 0.248 e. The molecule has 0 radical (unpaired) electrons. The molecule has 1 aromatic heterocycles. The second kappa shape index (κ2) is 11.2. The summed E-state index contributed by atoms with van der Waals surface area (Å²) in [6, 6.07) is 22.9. The number of ether oxygens (including phenoxy) is 2. The standard InChI is InChI=1S/C27H24ClN3O3/c1-33-26-12-10-20(14-22(26)19-34-25-8-3-2-4-9-25)11-13-27(32)30-24-16-29-31(18-24)17-21-6-5-7-23(28)15-21/h2-16,18H,17,19H2,1H3,(H,30,32)/b13-11+. The Balaban J connectivity index is 1.36. The fraction of sp³-hybridized carbons (Fsp3) is 0.111. The van der Waals surface area contributed by atoms with Crippen molar-refractivity contribution in [3.05, 3.63) is 113 Å². The number of benzene rings is 3. The van der Waals surface area contributed by atoms with Gasteiger partial charge in [0.1, 0.15) is 18.1 Å². The van der Waals surface area contributed by atoms with Crippen molar-refractivity contribution in [2.75, 3.05) is 12.4 Å². The van der Waals surface area contributed by atoms with Gasteiger partial charge in [0.25, 0.3) is 0 Å². The third-order valence-electron chi connectivity index (χ3n) is 5.00. The summed E-state index contributed by atoms with van der Waals surface area (Å²) in [6.07, 6.45) is 6.62. The second-order valence-electron chi connectivity index (χ2n) is 7.55. The van der Waals surface area contributed by atoms with Crippen LogP contribution in [0.5, 0.6) is 11.5 Å². The van der Waals surface area contributed by atoms with Crippen molar-refractivity contribution in [2.24, 2.45) is 0 Å². The van der Waals surface area contributed by atoms with Crippen LogP contribution in [0, 0.1) is 0 Å². The second-order valence-corrected chi connectivity index (χ2v) is 7.99. The van der Waals surface area contributed by atoms with Gasteiger partial charge in [-0.25, -0.2) is 0 Å². The maximum atomic E-state index is 12.4. The molecule has 1 amide bonds. The first-order valence-electron chi connectivity index (χ1n) is 10.7. The predicted octanol–water partition coefficient (Wildman–Crippen LogP) is 5.82. The lowest BCUT2D eigenvalue weighted by Gasteiger charge is -2.11. The highest BCUT2D eigenvalue weighted by Crippen LogP contribution is 2.23. The van der Waals surface area contributed by atoms with Gasteiger partial charge in [0.2, 0.25) is 5.91 Å². The number of aromatic nitrogens is 2. The number of carbonyl (C=O) groups excluding carboxylic acids is 1. The van der Waals surface area contributed by atoms with Crippen LogP contribution in [-0.2, 0) is 17.9 Å². The van der Waals surface area contributed by atoms with E-state index in [4.69, 9.17) is 21.1 Å². The number of para-hydroxylation sites is 1. The molecule has 6 nitrogen and oxygen atoms in total. The molecule has 0 saturated carbocycles. The van der Waals surface area contributed by atoms with Gasteiger partial charge in [-0.3, -0.25) is 9.48 Å². The Hall–Kier alpha value is -4.03. The molecule has 0 aliphatic heterocycles. The van der Waals surface area contributed by atoms with Gasteiger partial charge in [-0.1, -0.05) is 48.0 Å². The average Bonchev–Trinajstić information content (AvgIpc) is 3.28. The Morgan fingerprint density at radius 2 is 1.94 bits per heavy atom. The van der Waals surface area contributed by atoms with E-state index in [2.05, 4.69) is 10.4 Å². The van der Waals surface area contributed by atoms with Crippen LogP contribution in [0.2, 0.25) is 5.02 Å². The summed E-state index contributed by atoms with van der Waals surface area (Å²) in [4.78, 5) is 12.4. The van der Waals surface area contributed by atoms with Crippen molar-refractivity contribution in [1.82, 2.24) is 9.78 Å². The van der Waals surface area contributed by atoms with Crippen molar-refractivity contribution in [3.8, 4) is 11.5 Å². The number of carbonyl (C=O) groups is 1. The molecule has 0 atom stereocenters. The Morgan fingerprint density at radius 3 is 2.74 bits per heavy atom. The van der Waals surface area contributed by atoms with E-state index >= 15 is 0 Å². The van der Waals surface area contributed by atoms with E-state index in [9.17, 15) is 4.79 Å². The molecule has 1 N–H and O–H groups in total. The molecule has 0 saturated heterocycles. The van der Waals surface area contributed by atoms with Crippen LogP contribution < -0.4 is 14.8 Å². The molecule has 4 rings (SSSR count). The van der Waals surface area contributed by atoms with E-state index in [-0.39, 0.29) is 5.91 Å². The van der Waals surface area contributed by atoms with Gasteiger partial charge in [0.15, 0.2) is 0 Å². The minimum atomic E-state index is -0.250. The van der Waals surface area contributed by atoms with Gasteiger partial charge in [0, 0.05) is 22.9 Å². The summed E-state index contributed by atoms with van der Waals surface area (Å²) in [6.45, 7) is 0.915. The van der Waals surface area contributed by atoms with E-state index in [1.54, 1.807) is 30.3 Å². The molecule has 0 bridgehead atoms. The SMILES string of the molecule is COc1ccc(/C=C/C(=O)Nc2cnn(Cc3cccc(Cl)c3)c2)cc1COc1ccccc1. The van der Waals surface area contributed by atoms with Crippen molar-refractivity contribution in [1.29, 1.82) is 0 Å². The molecular weight excluding hydrogens is 450 g/mol. The summed E-state index contributed by atoms with van der Waals surface area (Å²) < 4.78 is 13.0. The number of hydrogen-bond donors (Lipinski definition) is 1. The van der Waals surface area contributed by atoms with Crippen LogP contribution in [0.1, 0.15) is 16.7 Å². The highest BCUT2D eigenvalue weighted by molar-refractivity contribution is 6.30. The smallest absolute Gasteiger partial charge is 0.248 e. The first kappa shape index (κ1) is 23.1. The van der Waals surface area contributed by atoms with Gasteiger partial charge in [-0.05, 0) is 53.6 Å². The first-order chi connectivity index (χ1) is 16.6. The fourth-order valence-electron chi connectivity index (χ4n) is 3.39. The molecule has 3 aromatic carbocycles. The summed E-state index contributed by atoms with van der Waals surface area (Å²) in [5, 5.41) is 7.80. The first-order valence-corrected chi connectivity index (χ1v) is 11.1. The molecule has 4 aromatic rings. The molecule has 0 fully saturated rings. The maximum absolute atomic E-state index is 12.4. The number of rotatable bonds is 9. The molecule has 0 aliphatic rings. The van der Waals surface area contributed by atoms with Gasteiger partial charge < -0.3 is 14.8 Å². The van der Waals surface area contributed by atoms with Crippen molar-refractivity contribution in [3.63, 3.8) is 0 Å². The zero-order valence-corrected chi connectivity index (χ0v) is 19.4. The molecule has 1 heterocycles. The minimum Gasteiger partial charge on any atom is -0.496 e. The van der Waals surface area contributed by atoms with Gasteiger partial charge >= 0.3 is 0 Å². The Labute approximate surface area is 203 Å². The number of hydrogen-bond acceptors (Lipinski definition) is 4. The van der Waals surface area contributed by atoms with Gasteiger partial charge in [0.05, 0.1) is 25.5 Å². The lowest BCUT2D eigenvalue weighted by molar-refractivity contribution is -0.111. The van der Waals surface area contributed by atoms with Crippen LogP contribution in [0.3, 0.4) is 0 Å². The van der Waals surface area contributed by atoms with Crippen molar-refractivity contribution >= 4 is 29.3 Å². The van der Waals surface area contributed by atoms with Crippen molar-refractivity contribution < 1.29 is 14.3 Å². The minimum absolute atomic E-state index is 0.250. The Bertz CT molecular complexity index is 1290. The predicted molar refractivity (Wildman–Crippen MR) is 134 cm³/mol. The zero-order valence-electron chi connectivity index (χ0n) is 18.6. The van der Waals surface area contributed by atoms with Crippen LogP contribution in [0.4, 0.5) is 5.69 Å². The summed E-state index contributed by atoms with van der Waals surface area (Å²) >= 11 is 6.03. The summed E-state index contributed by atoms with van der Waals surface area (Å²) in [5.41, 5.74) is 3.39. The van der Waals surface area contributed by atoms with Crippen LogP contribution in [-0.4, -0.2) is 22.8 Å². The fourth-order valence-corrected chi connectivity index (χ4v) is 3.60. The van der Waals surface area contributed by atoms with E-state index in [0.29, 0.717) is 23.9 Å². The van der Waals surface area contributed by atoms with Crippen LogP contribution in [0.25, 0.3) is 6.08 Å². The van der Waals surface area contributed by atoms with E-state index in [0.717, 1.165) is 28.2 Å². The highest BCUT2D eigenvalue weighted by Gasteiger charge is 2.06. The quantitative estimate of drug-likeness (QED) is 0.311. The third kappa shape index (κ3) is 6.49. The number of halogens is 1. The van der Waals surface area contributed by atoms with E-state index in [1.165, 1.54) is 6.08 Å².